The van der Waals surface area contributed by atoms with Gasteiger partial charge in [0.05, 0.1) is 19.1 Å². The molecule has 1 unspecified atom stereocenters. The van der Waals surface area contributed by atoms with Crippen LogP contribution in [0.1, 0.15) is 55.7 Å². The third kappa shape index (κ3) is 8.83. The number of methoxy groups -OCH3 is 1. The maximum atomic E-state index is 14.4. The van der Waals surface area contributed by atoms with Crippen molar-refractivity contribution in [3.8, 4) is 5.75 Å². The predicted molar refractivity (Wildman–Crippen MR) is 171 cm³/mol. The van der Waals surface area contributed by atoms with Gasteiger partial charge in [0.1, 0.15) is 18.3 Å². The number of rotatable bonds is 13. The number of carbonyl (C=O) groups is 2. The zero-order valence-electron chi connectivity index (χ0n) is 25.4. The smallest absolute Gasteiger partial charge is 0.244 e. The number of aryl methyl sites for hydroxylation is 1. The second-order valence-corrected chi connectivity index (χ2v) is 13.1. The highest BCUT2D eigenvalue weighted by Crippen LogP contribution is 2.25. The SMILES string of the molecule is CCc1ccccc1N(CC(=O)N(Cc1cccc(OC)c1)C(Cc1ccccc1)C(=O)NC1CCCCC1)S(C)(=O)=O. The standard InChI is InChI=1S/C34H43N3O5S/c1-4-28-17-11-12-21-31(28)37(43(3,40)41)25-33(38)36(24-27-16-13-20-30(22-27)42-2)32(23-26-14-7-5-8-15-26)34(39)35-29-18-9-6-10-19-29/h5,7-8,11-17,20-22,29,32H,4,6,9-10,18-19,23-25H2,1-3H3,(H,35,39). The van der Waals surface area contributed by atoms with Gasteiger partial charge < -0.3 is 15.0 Å². The lowest BCUT2D eigenvalue weighted by atomic mass is 9.94. The first-order valence-electron chi connectivity index (χ1n) is 15.0. The molecule has 0 saturated heterocycles. The molecule has 0 radical (unpaired) electrons. The van der Waals surface area contributed by atoms with Gasteiger partial charge in [-0.05, 0) is 54.2 Å². The summed E-state index contributed by atoms with van der Waals surface area (Å²) in [6.45, 7) is 1.63. The van der Waals surface area contributed by atoms with Crippen molar-refractivity contribution in [3.63, 3.8) is 0 Å². The highest BCUT2D eigenvalue weighted by atomic mass is 32.2. The van der Waals surface area contributed by atoms with Crippen molar-refractivity contribution >= 4 is 27.5 Å². The number of carbonyl (C=O) groups excluding carboxylic acids is 2. The van der Waals surface area contributed by atoms with Crippen LogP contribution in [0.4, 0.5) is 5.69 Å². The number of hydrogen-bond donors (Lipinski definition) is 1. The second-order valence-electron chi connectivity index (χ2n) is 11.2. The number of nitrogens with one attached hydrogen (secondary N) is 1. The Labute approximate surface area is 256 Å². The largest absolute Gasteiger partial charge is 0.497 e. The first-order chi connectivity index (χ1) is 20.7. The van der Waals surface area contributed by atoms with Gasteiger partial charge in [0, 0.05) is 19.0 Å². The van der Waals surface area contributed by atoms with Gasteiger partial charge in [-0.1, -0.05) is 86.8 Å². The van der Waals surface area contributed by atoms with E-state index < -0.39 is 28.5 Å². The van der Waals surface area contributed by atoms with Crippen molar-refractivity contribution < 1.29 is 22.7 Å². The van der Waals surface area contributed by atoms with Crippen LogP contribution in [-0.4, -0.2) is 57.1 Å². The summed E-state index contributed by atoms with van der Waals surface area (Å²) >= 11 is 0. The Morgan fingerprint density at radius 2 is 1.60 bits per heavy atom. The molecule has 2 amide bonds. The fraction of sp³-hybridized carbons (Fsp3) is 0.412. The van der Waals surface area contributed by atoms with Crippen LogP contribution < -0.4 is 14.4 Å². The van der Waals surface area contributed by atoms with E-state index in [-0.39, 0.29) is 18.5 Å². The predicted octanol–water partition coefficient (Wildman–Crippen LogP) is 5.11. The van der Waals surface area contributed by atoms with Gasteiger partial charge in [0.2, 0.25) is 21.8 Å². The quantitative estimate of drug-likeness (QED) is 0.292. The van der Waals surface area contributed by atoms with E-state index in [9.17, 15) is 18.0 Å². The number of anilines is 1. The van der Waals surface area contributed by atoms with Gasteiger partial charge in [-0.15, -0.1) is 0 Å². The van der Waals surface area contributed by atoms with Crippen molar-refractivity contribution in [1.82, 2.24) is 10.2 Å². The molecule has 43 heavy (non-hydrogen) atoms. The number of para-hydroxylation sites is 1. The fourth-order valence-electron chi connectivity index (χ4n) is 5.71. The van der Waals surface area contributed by atoms with Crippen LogP contribution in [0.25, 0.3) is 0 Å². The normalized spacial score (nSPS) is 14.5. The van der Waals surface area contributed by atoms with Gasteiger partial charge in [-0.25, -0.2) is 8.42 Å². The molecule has 1 saturated carbocycles. The van der Waals surface area contributed by atoms with Gasteiger partial charge in [0.25, 0.3) is 0 Å². The van der Waals surface area contributed by atoms with E-state index in [0.717, 1.165) is 59.4 Å². The highest BCUT2D eigenvalue weighted by Gasteiger charge is 2.34. The Kier molecular flexibility index (Phi) is 11.2. The van der Waals surface area contributed by atoms with Crippen molar-refractivity contribution in [2.24, 2.45) is 0 Å². The van der Waals surface area contributed by atoms with E-state index in [1.165, 1.54) is 4.90 Å². The summed E-state index contributed by atoms with van der Waals surface area (Å²) in [6, 6.07) is 23.4. The highest BCUT2D eigenvalue weighted by molar-refractivity contribution is 7.92. The minimum absolute atomic E-state index is 0.0530. The fourth-order valence-corrected chi connectivity index (χ4v) is 6.59. The van der Waals surface area contributed by atoms with Gasteiger partial charge >= 0.3 is 0 Å². The Balaban J connectivity index is 1.75. The zero-order chi connectivity index (χ0) is 30.8. The molecular weight excluding hydrogens is 562 g/mol. The summed E-state index contributed by atoms with van der Waals surface area (Å²) in [5.41, 5.74) is 2.96. The van der Waals surface area contributed by atoms with E-state index >= 15 is 0 Å². The van der Waals surface area contributed by atoms with Gasteiger partial charge in [-0.2, -0.15) is 0 Å². The molecule has 230 valence electrons. The topological polar surface area (TPSA) is 96.0 Å². The van der Waals surface area contributed by atoms with Crippen LogP contribution in [0.5, 0.6) is 5.75 Å². The van der Waals surface area contributed by atoms with Crippen LogP contribution in [-0.2, 0) is 39.0 Å². The molecule has 1 fully saturated rings. The molecule has 1 N–H and O–H groups in total. The number of nitrogens with zero attached hydrogens (tertiary/aromatic N) is 2. The Hall–Kier alpha value is -3.85. The summed E-state index contributed by atoms with van der Waals surface area (Å²) in [5.74, 6) is -0.0588. The van der Waals surface area contributed by atoms with Crippen molar-refractivity contribution in [2.45, 2.75) is 70.5 Å². The van der Waals surface area contributed by atoms with Crippen LogP contribution in [0, 0.1) is 0 Å². The molecule has 3 aromatic rings. The summed E-state index contributed by atoms with van der Waals surface area (Å²) in [6.07, 6.45) is 7.08. The number of benzene rings is 3. The lowest BCUT2D eigenvalue weighted by Crippen LogP contribution is -2.55. The average Bonchev–Trinajstić information content (AvgIpc) is 3.02. The van der Waals surface area contributed by atoms with E-state index in [1.54, 1.807) is 19.2 Å². The minimum atomic E-state index is -3.82. The molecule has 1 atom stereocenters. The molecule has 3 aromatic carbocycles. The molecule has 0 bridgehead atoms. The van der Waals surface area contributed by atoms with E-state index in [1.807, 2.05) is 73.7 Å². The lowest BCUT2D eigenvalue weighted by molar-refractivity contribution is -0.140. The molecule has 0 spiro atoms. The maximum Gasteiger partial charge on any atom is 0.244 e. The molecular formula is C34H43N3O5S. The number of sulfonamides is 1. The molecule has 1 aliphatic carbocycles. The van der Waals surface area contributed by atoms with Crippen LogP contribution in [0.15, 0.2) is 78.9 Å². The zero-order valence-corrected chi connectivity index (χ0v) is 26.2. The third-order valence-electron chi connectivity index (χ3n) is 8.03. The Morgan fingerprint density at radius 1 is 0.930 bits per heavy atom. The molecule has 1 aliphatic rings. The monoisotopic (exact) mass is 605 g/mol. The van der Waals surface area contributed by atoms with E-state index in [0.29, 0.717) is 24.3 Å². The number of amides is 2. The minimum Gasteiger partial charge on any atom is -0.497 e. The van der Waals surface area contributed by atoms with E-state index in [4.69, 9.17) is 4.74 Å². The van der Waals surface area contributed by atoms with E-state index in [2.05, 4.69) is 5.32 Å². The van der Waals surface area contributed by atoms with Crippen molar-refractivity contribution in [3.05, 3.63) is 95.6 Å². The van der Waals surface area contributed by atoms with Crippen LogP contribution in [0.3, 0.4) is 0 Å². The van der Waals surface area contributed by atoms with Crippen molar-refractivity contribution in [2.75, 3.05) is 24.2 Å². The summed E-state index contributed by atoms with van der Waals surface area (Å²) in [7, 11) is -2.25. The Morgan fingerprint density at radius 3 is 2.28 bits per heavy atom. The lowest BCUT2D eigenvalue weighted by Gasteiger charge is -2.35. The van der Waals surface area contributed by atoms with Crippen LogP contribution >= 0.6 is 0 Å². The number of ether oxygens (including phenoxy) is 1. The van der Waals surface area contributed by atoms with Crippen molar-refractivity contribution in [1.29, 1.82) is 0 Å². The Bertz CT molecular complexity index is 1470. The number of hydrogen-bond acceptors (Lipinski definition) is 5. The molecule has 4 rings (SSSR count). The maximum absolute atomic E-state index is 14.4. The summed E-state index contributed by atoms with van der Waals surface area (Å²) in [5, 5.41) is 3.23. The average molecular weight is 606 g/mol. The molecule has 0 aliphatic heterocycles. The van der Waals surface area contributed by atoms with Gasteiger partial charge in [0.15, 0.2) is 0 Å². The molecule has 0 aromatic heterocycles. The summed E-state index contributed by atoms with van der Waals surface area (Å²) < 4.78 is 32.8. The first kappa shape index (κ1) is 32.1. The molecule has 0 heterocycles. The second kappa shape index (κ2) is 15.0. The summed E-state index contributed by atoms with van der Waals surface area (Å²) in [4.78, 5) is 30.0. The van der Waals surface area contributed by atoms with Crippen LogP contribution in [0.2, 0.25) is 0 Å². The van der Waals surface area contributed by atoms with Gasteiger partial charge in [-0.3, -0.25) is 13.9 Å². The first-order valence-corrected chi connectivity index (χ1v) is 16.9. The third-order valence-corrected chi connectivity index (χ3v) is 9.16. The molecule has 8 nitrogen and oxygen atoms in total. The molecule has 9 heteroatoms.